The maximum atomic E-state index is 5.87. The lowest BCUT2D eigenvalue weighted by molar-refractivity contribution is 0.464. The smallest absolute Gasteiger partial charge is 0.122 e. The minimum atomic E-state index is 0.224. The Hall–Kier alpha value is -1.32. The van der Waals surface area contributed by atoms with Crippen LogP contribution in [0.2, 0.25) is 5.02 Å². The molecule has 0 spiro atoms. The minimum Gasteiger partial charge on any atom is -0.347 e. The number of imidazole rings is 1. The van der Waals surface area contributed by atoms with Crippen molar-refractivity contribution < 1.29 is 0 Å². The average molecular weight is 264 g/mol. The zero-order chi connectivity index (χ0) is 13.0. The van der Waals surface area contributed by atoms with Gasteiger partial charge in [-0.25, -0.2) is 4.98 Å². The van der Waals surface area contributed by atoms with Crippen molar-refractivity contribution in [2.24, 2.45) is 0 Å². The second-order valence-electron chi connectivity index (χ2n) is 4.59. The van der Waals surface area contributed by atoms with Gasteiger partial charge in [0.1, 0.15) is 5.82 Å². The Morgan fingerprint density at radius 3 is 2.61 bits per heavy atom. The van der Waals surface area contributed by atoms with E-state index in [2.05, 4.69) is 41.3 Å². The summed E-state index contributed by atoms with van der Waals surface area (Å²) in [4.78, 5) is 7.37. The third-order valence-electron chi connectivity index (χ3n) is 2.92. The van der Waals surface area contributed by atoms with E-state index < -0.39 is 0 Å². The molecular weight excluding hydrogens is 246 g/mol. The van der Waals surface area contributed by atoms with E-state index in [0.29, 0.717) is 6.04 Å². The highest BCUT2D eigenvalue weighted by Gasteiger charge is 2.11. The molecule has 0 saturated heterocycles. The van der Waals surface area contributed by atoms with Gasteiger partial charge in [-0.1, -0.05) is 23.7 Å². The number of rotatable bonds is 5. The molecule has 96 valence electrons. The van der Waals surface area contributed by atoms with Crippen molar-refractivity contribution in [1.29, 1.82) is 0 Å². The summed E-state index contributed by atoms with van der Waals surface area (Å²) in [7, 11) is 0. The largest absolute Gasteiger partial charge is 0.347 e. The number of aromatic nitrogens is 2. The summed E-state index contributed by atoms with van der Waals surface area (Å²) >= 11 is 5.87. The summed E-state index contributed by atoms with van der Waals surface area (Å²) in [6, 6.07) is 8.60. The number of nitrogens with zero attached hydrogens (tertiary/aromatic N) is 1. The van der Waals surface area contributed by atoms with Crippen LogP contribution in [0.25, 0.3) is 0 Å². The molecule has 18 heavy (non-hydrogen) atoms. The Kier molecular flexibility index (Phi) is 4.39. The minimum absolute atomic E-state index is 0.224. The van der Waals surface area contributed by atoms with Crippen LogP contribution in [0.3, 0.4) is 0 Å². The predicted molar refractivity (Wildman–Crippen MR) is 74.8 cm³/mol. The Balaban J connectivity index is 1.88. The van der Waals surface area contributed by atoms with Gasteiger partial charge in [0, 0.05) is 23.5 Å². The van der Waals surface area contributed by atoms with Gasteiger partial charge in [0.15, 0.2) is 0 Å². The van der Waals surface area contributed by atoms with Crippen LogP contribution < -0.4 is 5.32 Å². The van der Waals surface area contributed by atoms with Crippen LogP contribution in [-0.4, -0.2) is 16.0 Å². The molecule has 4 heteroatoms. The normalized spacial score (nSPS) is 14.4. The molecule has 3 nitrogen and oxygen atoms in total. The van der Waals surface area contributed by atoms with Crippen LogP contribution >= 0.6 is 11.6 Å². The van der Waals surface area contributed by atoms with Gasteiger partial charge in [0.05, 0.1) is 6.04 Å². The fourth-order valence-corrected chi connectivity index (χ4v) is 2.18. The van der Waals surface area contributed by atoms with Crippen LogP contribution in [0.1, 0.15) is 31.3 Å². The monoisotopic (exact) mass is 263 g/mol. The molecule has 0 aliphatic rings. The summed E-state index contributed by atoms with van der Waals surface area (Å²) in [5.41, 5.74) is 1.28. The van der Waals surface area contributed by atoms with Crippen molar-refractivity contribution in [3.63, 3.8) is 0 Å². The third-order valence-corrected chi connectivity index (χ3v) is 3.17. The molecule has 1 heterocycles. The third kappa shape index (κ3) is 3.59. The maximum absolute atomic E-state index is 5.87. The van der Waals surface area contributed by atoms with Gasteiger partial charge < -0.3 is 10.3 Å². The second kappa shape index (κ2) is 6.03. The van der Waals surface area contributed by atoms with Gasteiger partial charge in [-0.05, 0) is 38.0 Å². The van der Waals surface area contributed by atoms with Gasteiger partial charge >= 0.3 is 0 Å². The van der Waals surface area contributed by atoms with E-state index >= 15 is 0 Å². The molecular formula is C14H18ClN3. The number of hydrogen-bond acceptors (Lipinski definition) is 2. The quantitative estimate of drug-likeness (QED) is 0.869. The van der Waals surface area contributed by atoms with E-state index in [4.69, 9.17) is 11.6 Å². The first kappa shape index (κ1) is 13.1. The molecule has 2 atom stereocenters. The number of benzene rings is 1. The molecule has 0 saturated carbocycles. The molecule has 0 amide bonds. The van der Waals surface area contributed by atoms with Crippen LogP contribution in [0.5, 0.6) is 0 Å². The lowest BCUT2D eigenvalue weighted by Crippen LogP contribution is -2.31. The van der Waals surface area contributed by atoms with Crippen molar-refractivity contribution in [3.8, 4) is 0 Å². The lowest BCUT2D eigenvalue weighted by atomic mass is 10.1. The van der Waals surface area contributed by atoms with E-state index in [9.17, 15) is 0 Å². The summed E-state index contributed by atoms with van der Waals surface area (Å²) in [6.45, 7) is 4.28. The van der Waals surface area contributed by atoms with Gasteiger partial charge in [-0.2, -0.15) is 0 Å². The van der Waals surface area contributed by atoms with Crippen molar-refractivity contribution in [3.05, 3.63) is 53.1 Å². The summed E-state index contributed by atoms with van der Waals surface area (Å²) in [5.74, 6) is 0.970. The molecule has 2 unspecified atom stereocenters. The Morgan fingerprint density at radius 2 is 2.00 bits per heavy atom. The molecule has 0 aliphatic carbocycles. The molecule has 0 aliphatic heterocycles. The second-order valence-corrected chi connectivity index (χ2v) is 5.03. The zero-order valence-corrected chi connectivity index (χ0v) is 11.4. The summed E-state index contributed by atoms with van der Waals surface area (Å²) in [5, 5.41) is 4.30. The summed E-state index contributed by atoms with van der Waals surface area (Å²) < 4.78 is 0. The first-order valence-corrected chi connectivity index (χ1v) is 6.52. The Labute approximate surface area is 113 Å². The number of hydrogen-bond donors (Lipinski definition) is 2. The zero-order valence-electron chi connectivity index (χ0n) is 10.7. The molecule has 0 radical (unpaired) electrons. The molecule has 1 aromatic carbocycles. The molecule has 2 N–H and O–H groups in total. The van der Waals surface area contributed by atoms with Crippen LogP contribution in [0.15, 0.2) is 36.7 Å². The number of halogens is 1. The van der Waals surface area contributed by atoms with Crippen LogP contribution in [0.4, 0.5) is 0 Å². The standard InChI is InChI=1S/C14H18ClN3/c1-10(9-12-3-5-13(15)6-4-12)18-11(2)14-16-7-8-17-14/h3-8,10-11,18H,9H2,1-2H3,(H,16,17). The number of H-pyrrole nitrogens is 1. The van der Waals surface area contributed by atoms with E-state index in [1.165, 1.54) is 5.56 Å². The molecule has 2 rings (SSSR count). The van der Waals surface area contributed by atoms with Crippen LogP contribution in [0, 0.1) is 0 Å². The SMILES string of the molecule is CC(Cc1ccc(Cl)cc1)NC(C)c1ncc[nH]1. The van der Waals surface area contributed by atoms with Crippen LogP contribution in [-0.2, 0) is 6.42 Å². The Morgan fingerprint density at radius 1 is 1.28 bits per heavy atom. The number of nitrogens with one attached hydrogen (secondary N) is 2. The maximum Gasteiger partial charge on any atom is 0.122 e. The molecule has 2 aromatic rings. The van der Waals surface area contributed by atoms with E-state index in [0.717, 1.165) is 17.3 Å². The topological polar surface area (TPSA) is 40.7 Å². The fourth-order valence-electron chi connectivity index (χ4n) is 2.05. The van der Waals surface area contributed by atoms with Crippen molar-refractivity contribution in [2.75, 3.05) is 0 Å². The van der Waals surface area contributed by atoms with Gasteiger partial charge in [0.2, 0.25) is 0 Å². The van der Waals surface area contributed by atoms with Gasteiger partial charge in [-0.15, -0.1) is 0 Å². The molecule has 0 bridgehead atoms. The highest BCUT2D eigenvalue weighted by Crippen LogP contribution is 2.13. The van der Waals surface area contributed by atoms with Gasteiger partial charge in [-0.3, -0.25) is 0 Å². The van der Waals surface area contributed by atoms with E-state index in [-0.39, 0.29) is 6.04 Å². The first-order valence-electron chi connectivity index (χ1n) is 6.15. The first-order chi connectivity index (χ1) is 8.65. The highest BCUT2D eigenvalue weighted by molar-refractivity contribution is 6.30. The van der Waals surface area contributed by atoms with E-state index in [1.807, 2.05) is 18.3 Å². The van der Waals surface area contributed by atoms with Crippen molar-refractivity contribution in [1.82, 2.24) is 15.3 Å². The van der Waals surface area contributed by atoms with E-state index in [1.54, 1.807) is 6.20 Å². The average Bonchev–Trinajstić information content (AvgIpc) is 2.85. The predicted octanol–water partition coefficient (Wildman–Crippen LogP) is 3.34. The van der Waals surface area contributed by atoms with Crippen molar-refractivity contribution in [2.45, 2.75) is 32.4 Å². The summed E-state index contributed by atoms with van der Waals surface area (Å²) in [6.07, 6.45) is 4.59. The Bertz CT molecular complexity index is 464. The highest BCUT2D eigenvalue weighted by atomic mass is 35.5. The van der Waals surface area contributed by atoms with Crippen molar-refractivity contribution >= 4 is 11.6 Å². The van der Waals surface area contributed by atoms with Gasteiger partial charge in [0.25, 0.3) is 0 Å². The fraction of sp³-hybridized carbons (Fsp3) is 0.357. The molecule has 1 aromatic heterocycles. The molecule has 0 fully saturated rings. The number of aromatic amines is 1. The lowest BCUT2D eigenvalue weighted by Gasteiger charge is -2.18.